The monoisotopic (exact) mass is 469 g/mol. The molecule has 1 aliphatic rings. The number of carbonyl (C=O) groups excluding carboxylic acids is 1. The molecule has 34 heavy (non-hydrogen) atoms. The molecule has 2 N–H and O–H groups in total. The third kappa shape index (κ3) is 3.24. The summed E-state index contributed by atoms with van der Waals surface area (Å²) in [6, 6.07) is 21.6. The highest BCUT2D eigenvalue weighted by Gasteiger charge is 2.32. The van der Waals surface area contributed by atoms with Gasteiger partial charge in [0.2, 0.25) is 0 Å². The van der Waals surface area contributed by atoms with Gasteiger partial charge in [-0.15, -0.1) is 0 Å². The fourth-order valence-electron chi connectivity index (χ4n) is 4.92. The van der Waals surface area contributed by atoms with E-state index in [4.69, 9.17) is 11.6 Å². The highest BCUT2D eigenvalue weighted by molar-refractivity contribution is 6.36. The molecule has 6 rings (SSSR count). The molecule has 3 heterocycles. The summed E-state index contributed by atoms with van der Waals surface area (Å²) < 4.78 is 16.0. The van der Waals surface area contributed by atoms with E-state index in [9.17, 15) is 9.18 Å². The molecule has 0 saturated carbocycles. The van der Waals surface area contributed by atoms with Crippen LogP contribution in [-0.2, 0) is 6.54 Å². The van der Waals surface area contributed by atoms with Gasteiger partial charge in [0.15, 0.2) is 5.78 Å². The van der Waals surface area contributed by atoms with E-state index in [-0.39, 0.29) is 11.6 Å². The molecule has 0 aliphatic carbocycles. The van der Waals surface area contributed by atoms with E-state index in [1.165, 1.54) is 12.1 Å². The smallest absolute Gasteiger partial charge is 0.198 e. The summed E-state index contributed by atoms with van der Waals surface area (Å²) in [5, 5.41) is 4.90. The predicted octanol–water partition coefficient (Wildman–Crippen LogP) is 7.14. The Kier molecular flexibility index (Phi) is 5.00. The van der Waals surface area contributed by atoms with E-state index >= 15 is 0 Å². The van der Waals surface area contributed by atoms with Crippen molar-refractivity contribution >= 4 is 34.1 Å². The van der Waals surface area contributed by atoms with Crippen molar-refractivity contribution in [1.82, 2.24) is 9.55 Å². The normalized spacial score (nSPS) is 13.0. The first-order valence-electron chi connectivity index (χ1n) is 11.3. The summed E-state index contributed by atoms with van der Waals surface area (Å²) in [7, 11) is 0. The number of aromatic amines is 1. The topological polar surface area (TPSA) is 49.8 Å². The lowest BCUT2D eigenvalue weighted by molar-refractivity contribution is 0.104. The van der Waals surface area contributed by atoms with Crippen LogP contribution in [0.5, 0.6) is 0 Å². The van der Waals surface area contributed by atoms with Crippen molar-refractivity contribution in [3.63, 3.8) is 0 Å². The summed E-state index contributed by atoms with van der Waals surface area (Å²) in [5.74, 6) is 0.335. The molecular weight excluding hydrogens is 449 g/mol. The number of benzene rings is 3. The number of anilines is 1. The Morgan fingerprint density at radius 3 is 2.56 bits per heavy atom. The summed E-state index contributed by atoms with van der Waals surface area (Å²) in [6.07, 6.45) is 2.87. The van der Waals surface area contributed by atoms with E-state index in [0.717, 1.165) is 58.6 Å². The molecule has 3 aromatic carbocycles. The first kappa shape index (κ1) is 20.8. The lowest BCUT2D eigenvalue weighted by atomic mass is 9.93. The summed E-state index contributed by atoms with van der Waals surface area (Å²) in [5.41, 5.74) is 5.50. The molecule has 0 radical (unpaired) electrons. The highest BCUT2D eigenvalue weighted by Crippen LogP contribution is 2.46. The number of hydrogen-bond donors (Lipinski definition) is 2. The molecule has 0 saturated heterocycles. The standard InChI is InChI=1S/C28H21ClFN3O/c29-22-8-3-1-7-20(22)27(34)25-24(21-16-32-23-9-4-2-6-19(21)23)26(17-10-12-18(30)13-11-17)33-15-5-14-31-28(25)33/h1-4,6-13,16,31-32H,5,14-15H2. The van der Waals surface area contributed by atoms with Crippen molar-refractivity contribution in [2.45, 2.75) is 13.0 Å². The van der Waals surface area contributed by atoms with Gasteiger partial charge in [-0.1, -0.05) is 41.9 Å². The van der Waals surface area contributed by atoms with Crippen molar-refractivity contribution in [3.05, 3.63) is 101 Å². The van der Waals surface area contributed by atoms with Crippen LogP contribution in [0.1, 0.15) is 22.3 Å². The molecule has 0 bridgehead atoms. The second kappa shape index (κ2) is 8.19. The van der Waals surface area contributed by atoms with E-state index in [1.807, 2.05) is 42.6 Å². The largest absolute Gasteiger partial charge is 0.371 e. The van der Waals surface area contributed by atoms with Crippen LogP contribution in [0.4, 0.5) is 10.2 Å². The Morgan fingerprint density at radius 1 is 0.971 bits per heavy atom. The Bertz CT molecular complexity index is 1550. The zero-order valence-electron chi connectivity index (χ0n) is 18.2. The van der Waals surface area contributed by atoms with Crippen molar-refractivity contribution in [1.29, 1.82) is 0 Å². The van der Waals surface area contributed by atoms with Gasteiger partial charge >= 0.3 is 0 Å². The van der Waals surface area contributed by atoms with Gasteiger partial charge in [0.25, 0.3) is 0 Å². The number of carbonyl (C=O) groups is 1. The van der Waals surface area contributed by atoms with Crippen LogP contribution in [0.3, 0.4) is 0 Å². The minimum Gasteiger partial charge on any atom is -0.371 e. The molecule has 0 amide bonds. The second-order valence-electron chi connectivity index (χ2n) is 8.44. The quantitative estimate of drug-likeness (QED) is 0.275. The zero-order valence-corrected chi connectivity index (χ0v) is 19.0. The third-order valence-electron chi connectivity index (χ3n) is 6.44. The number of H-pyrrole nitrogens is 1. The van der Waals surface area contributed by atoms with E-state index < -0.39 is 0 Å². The molecular formula is C28H21ClFN3O. The summed E-state index contributed by atoms with van der Waals surface area (Å²) in [4.78, 5) is 17.4. The maximum atomic E-state index is 14.1. The molecule has 4 nitrogen and oxygen atoms in total. The minimum atomic E-state index is -0.298. The fourth-order valence-corrected chi connectivity index (χ4v) is 5.14. The number of aromatic nitrogens is 2. The molecule has 6 heteroatoms. The number of nitrogens with one attached hydrogen (secondary N) is 2. The van der Waals surface area contributed by atoms with Crippen LogP contribution in [0.25, 0.3) is 33.3 Å². The molecule has 0 unspecified atom stereocenters. The van der Waals surface area contributed by atoms with Gasteiger partial charge in [-0.05, 0) is 54.4 Å². The number of fused-ring (bicyclic) bond motifs is 2. The van der Waals surface area contributed by atoms with E-state index in [2.05, 4.69) is 14.9 Å². The molecule has 0 fully saturated rings. The molecule has 5 aromatic rings. The van der Waals surface area contributed by atoms with Crippen LogP contribution in [0.15, 0.2) is 79.0 Å². The SMILES string of the molecule is O=C(c1ccccc1Cl)c1c(-c2c[nH]c3ccccc23)c(-c2ccc(F)cc2)n2c1NCCC2. The number of ketones is 1. The average molecular weight is 470 g/mol. The lowest BCUT2D eigenvalue weighted by Gasteiger charge is -2.20. The van der Waals surface area contributed by atoms with Crippen LogP contribution in [0.2, 0.25) is 5.02 Å². The third-order valence-corrected chi connectivity index (χ3v) is 6.77. The van der Waals surface area contributed by atoms with Crippen molar-refractivity contribution in [2.24, 2.45) is 0 Å². The molecule has 1 aliphatic heterocycles. The molecule has 168 valence electrons. The van der Waals surface area contributed by atoms with Crippen molar-refractivity contribution < 1.29 is 9.18 Å². The minimum absolute atomic E-state index is 0.141. The Balaban J connectivity index is 1.72. The highest BCUT2D eigenvalue weighted by atomic mass is 35.5. The number of para-hydroxylation sites is 1. The Hall–Kier alpha value is -3.83. The number of rotatable bonds is 4. The Labute approximate surface area is 201 Å². The van der Waals surface area contributed by atoms with Gasteiger partial charge in [-0.25, -0.2) is 4.39 Å². The number of nitrogens with zero attached hydrogens (tertiary/aromatic N) is 1. The second-order valence-corrected chi connectivity index (χ2v) is 8.85. The fraction of sp³-hybridized carbons (Fsp3) is 0.107. The van der Waals surface area contributed by atoms with Crippen LogP contribution in [-0.4, -0.2) is 21.9 Å². The molecule has 0 atom stereocenters. The van der Waals surface area contributed by atoms with Gasteiger partial charge in [0.05, 0.1) is 16.3 Å². The van der Waals surface area contributed by atoms with Crippen molar-refractivity contribution in [2.75, 3.05) is 11.9 Å². The molecule has 2 aromatic heterocycles. The van der Waals surface area contributed by atoms with Gasteiger partial charge in [-0.2, -0.15) is 0 Å². The van der Waals surface area contributed by atoms with Crippen molar-refractivity contribution in [3.8, 4) is 22.4 Å². The van der Waals surface area contributed by atoms with Gasteiger partial charge < -0.3 is 14.9 Å². The Morgan fingerprint density at radius 2 is 1.74 bits per heavy atom. The van der Waals surface area contributed by atoms with Gasteiger partial charge in [0, 0.05) is 46.9 Å². The number of hydrogen-bond acceptors (Lipinski definition) is 2. The number of halogens is 2. The first-order chi connectivity index (χ1) is 16.6. The predicted molar refractivity (Wildman–Crippen MR) is 135 cm³/mol. The summed E-state index contributed by atoms with van der Waals surface area (Å²) >= 11 is 6.47. The van der Waals surface area contributed by atoms with Gasteiger partial charge in [0.1, 0.15) is 11.6 Å². The van der Waals surface area contributed by atoms with Gasteiger partial charge in [-0.3, -0.25) is 4.79 Å². The maximum Gasteiger partial charge on any atom is 0.198 e. The maximum absolute atomic E-state index is 14.1. The van der Waals surface area contributed by atoms with Crippen LogP contribution < -0.4 is 5.32 Å². The lowest BCUT2D eigenvalue weighted by Crippen LogP contribution is -2.19. The first-order valence-corrected chi connectivity index (χ1v) is 11.6. The summed E-state index contributed by atoms with van der Waals surface area (Å²) in [6.45, 7) is 1.52. The zero-order chi connectivity index (χ0) is 23.2. The average Bonchev–Trinajstić information content (AvgIpc) is 3.43. The van der Waals surface area contributed by atoms with Crippen LogP contribution >= 0.6 is 11.6 Å². The van der Waals surface area contributed by atoms with E-state index in [1.54, 1.807) is 24.3 Å². The van der Waals surface area contributed by atoms with Crippen LogP contribution in [0, 0.1) is 5.82 Å². The van der Waals surface area contributed by atoms with E-state index in [0.29, 0.717) is 16.1 Å². The molecule has 0 spiro atoms.